The first kappa shape index (κ1) is 18.6. The van der Waals surface area contributed by atoms with E-state index in [4.69, 9.17) is 4.74 Å². The van der Waals surface area contributed by atoms with Gasteiger partial charge in [0.1, 0.15) is 0 Å². The van der Waals surface area contributed by atoms with Gasteiger partial charge in [-0.2, -0.15) is 13.2 Å². The van der Waals surface area contributed by atoms with Gasteiger partial charge in [-0.05, 0) is 24.6 Å². The normalized spacial score (nSPS) is 19.5. The maximum atomic E-state index is 12.2. The van der Waals surface area contributed by atoms with Crippen molar-refractivity contribution in [3.63, 3.8) is 0 Å². The van der Waals surface area contributed by atoms with Crippen molar-refractivity contribution < 1.29 is 23.0 Å². The minimum Gasteiger partial charge on any atom is -0.388 e. The predicted octanol–water partition coefficient (Wildman–Crippen LogP) is 3.53. The number of hydrogen-bond acceptors (Lipinski definition) is 4. The molecule has 1 aliphatic rings. The molecule has 1 heterocycles. The van der Waals surface area contributed by atoms with Gasteiger partial charge in [0, 0.05) is 43.5 Å². The van der Waals surface area contributed by atoms with Crippen LogP contribution in [0.4, 0.5) is 13.2 Å². The lowest BCUT2D eigenvalue weighted by Crippen LogP contribution is -2.45. The lowest BCUT2D eigenvalue weighted by Gasteiger charge is -2.33. The van der Waals surface area contributed by atoms with E-state index in [1.807, 2.05) is 19.1 Å². The zero-order chi connectivity index (χ0) is 16.9. The third-order valence-electron chi connectivity index (χ3n) is 3.94. The lowest BCUT2D eigenvalue weighted by atomic mass is 9.94. The minimum atomic E-state index is -4.16. The molecule has 0 spiro atoms. The molecule has 2 rings (SSSR count). The predicted molar refractivity (Wildman–Crippen MR) is 84.6 cm³/mol. The van der Waals surface area contributed by atoms with Crippen molar-refractivity contribution in [2.75, 3.05) is 25.5 Å². The third-order valence-corrected chi connectivity index (χ3v) is 5.02. The van der Waals surface area contributed by atoms with Crippen LogP contribution in [0.1, 0.15) is 31.4 Å². The summed E-state index contributed by atoms with van der Waals surface area (Å²) >= 11 is 0.784. The van der Waals surface area contributed by atoms with Crippen molar-refractivity contribution in [1.29, 1.82) is 0 Å². The fraction of sp³-hybridized carbons (Fsp3) is 0.625. The summed E-state index contributed by atoms with van der Waals surface area (Å²) in [7, 11) is 0. The van der Waals surface area contributed by atoms with Gasteiger partial charge in [-0.1, -0.05) is 12.1 Å². The highest BCUT2D eigenvalue weighted by Crippen LogP contribution is 2.28. The van der Waals surface area contributed by atoms with Crippen LogP contribution >= 0.6 is 11.8 Å². The molecule has 0 bridgehead atoms. The van der Waals surface area contributed by atoms with Gasteiger partial charge in [-0.3, -0.25) is 0 Å². The van der Waals surface area contributed by atoms with E-state index in [9.17, 15) is 18.3 Å². The summed E-state index contributed by atoms with van der Waals surface area (Å²) in [5.41, 5.74) is 0.242. The van der Waals surface area contributed by atoms with Crippen molar-refractivity contribution in [3.05, 3.63) is 29.8 Å². The van der Waals surface area contributed by atoms with Crippen LogP contribution in [0, 0.1) is 0 Å². The van der Waals surface area contributed by atoms with Crippen LogP contribution in [0.3, 0.4) is 0 Å². The number of rotatable bonds is 6. The second kappa shape index (κ2) is 7.88. The van der Waals surface area contributed by atoms with Crippen LogP contribution in [0.15, 0.2) is 29.2 Å². The van der Waals surface area contributed by atoms with E-state index in [0.29, 0.717) is 37.5 Å². The molecule has 2 N–H and O–H groups in total. The summed E-state index contributed by atoms with van der Waals surface area (Å²) in [5.74, 6) is -0.880. The number of halogens is 3. The Hall–Kier alpha value is -0.760. The van der Waals surface area contributed by atoms with Gasteiger partial charge in [0.2, 0.25) is 0 Å². The van der Waals surface area contributed by atoms with Crippen molar-refractivity contribution in [3.8, 4) is 0 Å². The molecule has 130 valence electrons. The number of nitrogens with one attached hydrogen (secondary N) is 1. The second-order valence-electron chi connectivity index (χ2n) is 5.91. The van der Waals surface area contributed by atoms with Crippen LogP contribution in [-0.4, -0.2) is 42.4 Å². The standard InChI is InChI=1S/C16H22F3NO2S/c1-12(20-10-15(21)6-8-22-9-7-15)13-2-4-14(5-3-13)23-11-16(17,18)19/h2-5,12,20-21H,6-11H2,1H3. The van der Waals surface area contributed by atoms with Crippen molar-refractivity contribution in [1.82, 2.24) is 5.32 Å². The number of aliphatic hydroxyl groups is 1. The Balaban J connectivity index is 1.83. The van der Waals surface area contributed by atoms with E-state index in [-0.39, 0.29) is 6.04 Å². The Bertz CT molecular complexity index is 487. The summed E-state index contributed by atoms with van der Waals surface area (Å²) in [6, 6.07) is 7.07. The van der Waals surface area contributed by atoms with Gasteiger partial charge >= 0.3 is 6.18 Å². The summed E-state index contributed by atoms with van der Waals surface area (Å²) in [4.78, 5) is 0.598. The highest BCUT2D eigenvalue weighted by molar-refractivity contribution is 7.99. The molecule has 0 amide bonds. The average Bonchev–Trinajstić information content (AvgIpc) is 2.51. The zero-order valence-electron chi connectivity index (χ0n) is 13.0. The molecular weight excluding hydrogens is 327 g/mol. The minimum absolute atomic E-state index is 0.0172. The van der Waals surface area contributed by atoms with E-state index in [2.05, 4.69) is 5.32 Å². The molecule has 1 atom stereocenters. The van der Waals surface area contributed by atoms with Crippen LogP contribution in [0.2, 0.25) is 0 Å². The zero-order valence-corrected chi connectivity index (χ0v) is 13.8. The highest BCUT2D eigenvalue weighted by Gasteiger charge is 2.30. The molecule has 0 radical (unpaired) electrons. The largest absolute Gasteiger partial charge is 0.398 e. The number of alkyl halides is 3. The van der Waals surface area contributed by atoms with Gasteiger partial charge < -0.3 is 15.2 Å². The topological polar surface area (TPSA) is 41.5 Å². The number of hydrogen-bond donors (Lipinski definition) is 2. The molecule has 1 fully saturated rings. The van der Waals surface area contributed by atoms with E-state index in [0.717, 1.165) is 17.3 Å². The lowest BCUT2D eigenvalue weighted by molar-refractivity contribution is -0.105. The molecule has 1 aromatic carbocycles. The Labute approximate surface area is 138 Å². The van der Waals surface area contributed by atoms with E-state index in [1.165, 1.54) is 0 Å². The SMILES string of the molecule is CC(NCC1(O)CCOCC1)c1ccc(SCC(F)(F)F)cc1. The Morgan fingerprint density at radius 2 is 1.87 bits per heavy atom. The molecule has 0 aliphatic carbocycles. The molecule has 1 aromatic rings. The summed E-state index contributed by atoms with van der Waals surface area (Å²) in [5, 5.41) is 13.7. The Kier molecular flexibility index (Phi) is 6.36. The van der Waals surface area contributed by atoms with Gasteiger partial charge in [0.15, 0.2) is 0 Å². The fourth-order valence-electron chi connectivity index (χ4n) is 2.41. The number of benzene rings is 1. The Morgan fingerprint density at radius 1 is 1.26 bits per heavy atom. The molecular formula is C16H22F3NO2S. The van der Waals surface area contributed by atoms with E-state index in [1.54, 1.807) is 12.1 Å². The molecule has 3 nitrogen and oxygen atoms in total. The van der Waals surface area contributed by atoms with Crippen molar-refractivity contribution in [2.45, 2.75) is 42.5 Å². The number of thioether (sulfide) groups is 1. The van der Waals surface area contributed by atoms with Crippen LogP contribution < -0.4 is 5.32 Å². The van der Waals surface area contributed by atoms with Gasteiger partial charge in [0.25, 0.3) is 0 Å². The molecule has 1 unspecified atom stereocenters. The summed E-state index contributed by atoms with van der Waals surface area (Å²) in [6.45, 7) is 3.58. The Morgan fingerprint density at radius 3 is 2.43 bits per heavy atom. The molecule has 0 saturated carbocycles. The molecule has 1 aliphatic heterocycles. The van der Waals surface area contributed by atoms with Crippen LogP contribution in [0.25, 0.3) is 0 Å². The maximum absolute atomic E-state index is 12.2. The summed E-state index contributed by atoms with van der Waals surface area (Å²) < 4.78 is 41.8. The smallest absolute Gasteiger partial charge is 0.388 e. The van der Waals surface area contributed by atoms with Gasteiger partial charge in [-0.15, -0.1) is 11.8 Å². The van der Waals surface area contributed by atoms with Crippen LogP contribution in [-0.2, 0) is 4.74 Å². The highest BCUT2D eigenvalue weighted by atomic mass is 32.2. The third kappa shape index (κ3) is 6.33. The first-order chi connectivity index (χ1) is 10.8. The molecule has 7 heteroatoms. The number of ether oxygens (including phenoxy) is 1. The average molecular weight is 349 g/mol. The molecule has 0 aromatic heterocycles. The fourth-order valence-corrected chi connectivity index (χ4v) is 3.07. The molecule has 1 saturated heterocycles. The molecule has 23 heavy (non-hydrogen) atoms. The van der Waals surface area contributed by atoms with Crippen molar-refractivity contribution >= 4 is 11.8 Å². The second-order valence-corrected chi connectivity index (χ2v) is 6.96. The monoisotopic (exact) mass is 349 g/mol. The quantitative estimate of drug-likeness (QED) is 0.771. The van der Waals surface area contributed by atoms with Crippen molar-refractivity contribution in [2.24, 2.45) is 0 Å². The van der Waals surface area contributed by atoms with Gasteiger partial charge in [0.05, 0.1) is 11.4 Å². The maximum Gasteiger partial charge on any atom is 0.398 e. The first-order valence-corrected chi connectivity index (χ1v) is 8.59. The van der Waals surface area contributed by atoms with Gasteiger partial charge in [-0.25, -0.2) is 0 Å². The summed E-state index contributed by atoms with van der Waals surface area (Å²) in [6.07, 6.45) is -2.93. The first-order valence-electron chi connectivity index (χ1n) is 7.60. The van der Waals surface area contributed by atoms with E-state index < -0.39 is 17.5 Å². The van der Waals surface area contributed by atoms with Crippen LogP contribution in [0.5, 0.6) is 0 Å². The van der Waals surface area contributed by atoms with E-state index >= 15 is 0 Å².